The Morgan fingerprint density at radius 3 is 2.39 bits per heavy atom. The number of rotatable bonds is 7. The van der Waals surface area contributed by atoms with Crippen molar-refractivity contribution in [3.8, 4) is 0 Å². The lowest BCUT2D eigenvalue weighted by Crippen LogP contribution is -2.58. The average Bonchev–Trinajstić information content (AvgIpc) is 3.30. The van der Waals surface area contributed by atoms with Crippen LogP contribution in [0, 0.1) is 0 Å². The minimum Gasteiger partial charge on any atom is -0.481 e. The normalized spacial score (nSPS) is 27.0. The van der Waals surface area contributed by atoms with Crippen molar-refractivity contribution in [2.45, 2.75) is 74.3 Å². The molecule has 1 N–H and O–H groups in total. The first-order chi connectivity index (χ1) is 17.0. The highest BCUT2D eigenvalue weighted by atomic mass is 35.5. The monoisotopic (exact) mass is 553 g/mol. The molecular weight excluding hydrogens is 525 g/mol. The summed E-state index contributed by atoms with van der Waals surface area (Å²) in [7, 11) is -3.53. The van der Waals surface area contributed by atoms with E-state index in [2.05, 4.69) is 0 Å². The highest BCUT2D eigenvalue weighted by Crippen LogP contribution is 2.47. The van der Waals surface area contributed by atoms with E-state index in [0.29, 0.717) is 40.4 Å². The van der Waals surface area contributed by atoms with Crippen molar-refractivity contribution in [2.24, 2.45) is 0 Å². The van der Waals surface area contributed by atoms with Gasteiger partial charge in [-0.2, -0.15) is 0 Å². The van der Waals surface area contributed by atoms with Crippen LogP contribution in [0.3, 0.4) is 0 Å². The zero-order chi connectivity index (χ0) is 26.2. The van der Waals surface area contributed by atoms with E-state index in [1.807, 2.05) is 6.07 Å². The zero-order valence-corrected chi connectivity index (χ0v) is 22.3. The Morgan fingerprint density at radius 1 is 1.08 bits per heavy atom. The molecule has 1 aliphatic carbocycles. The van der Waals surface area contributed by atoms with E-state index in [1.54, 1.807) is 61.2 Å². The number of carbonyl (C=O) groups is 2. The van der Waals surface area contributed by atoms with Gasteiger partial charge >= 0.3 is 5.97 Å². The Hall–Kier alpha value is -2.13. The topological polar surface area (TPSA) is 101 Å². The van der Waals surface area contributed by atoms with Crippen LogP contribution < -0.4 is 0 Å². The van der Waals surface area contributed by atoms with Crippen molar-refractivity contribution in [3.05, 3.63) is 69.7 Å². The molecule has 2 aromatic carbocycles. The number of carbonyl (C=O) groups excluding carboxylic acids is 1. The smallest absolute Gasteiger partial charge is 0.306 e. The van der Waals surface area contributed by atoms with Crippen LogP contribution in [0.2, 0.25) is 10.0 Å². The fourth-order valence-electron chi connectivity index (χ4n) is 5.32. The second-order valence-corrected chi connectivity index (χ2v) is 13.2. The van der Waals surface area contributed by atoms with Gasteiger partial charge in [0.05, 0.1) is 23.0 Å². The van der Waals surface area contributed by atoms with E-state index in [1.165, 1.54) is 0 Å². The molecule has 5 atom stereocenters. The Morgan fingerprint density at radius 2 is 1.78 bits per heavy atom. The summed E-state index contributed by atoms with van der Waals surface area (Å²) in [6.07, 6.45) is -0.991. The van der Waals surface area contributed by atoms with Crippen molar-refractivity contribution < 1.29 is 27.9 Å². The standard InChI is InChI=1S/C26H29Cl2NO6S/c1-15(2)36(33,34)22-8-4-7-20(22)29-24(16-9-11-18(27)12-10-16)25(17-5-3-6-19(28)13-17)35-21(26(29)32)14-23(30)31/h3,5-6,9-13,15,20-22,24-25H,4,7-8,14H2,1-2H3,(H,30,31)/t20-,21-,22-,24+,25+/m0/s1. The summed E-state index contributed by atoms with van der Waals surface area (Å²) in [5.74, 6) is -1.70. The van der Waals surface area contributed by atoms with Gasteiger partial charge in [0.1, 0.15) is 12.2 Å². The molecule has 194 valence electrons. The molecule has 4 rings (SSSR count). The van der Waals surface area contributed by atoms with E-state index in [0.717, 1.165) is 0 Å². The summed E-state index contributed by atoms with van der Waals surface area (Å²) in [5.41, 5.74) is 1.37. The van der Waals surface area contributed by atoms with Crippen LogP contribution in [0.5, 0.6) is 0 Å². The molecule has 1 saturated heterocycles. The molecule has 1 amide bonds. The molecule has 0 unspecified atom stereocenters. The second kappa shape index (κ2) is 10.7. The van der Waals surface area contributed by atoms with Gasteiger partial charge in [-0.25, -0.2) is 8.42 Å². The number of carboxylic acid groups (broad SMARTS) is 1. The molecule has 1 heterocycles. The lowest BCUT2D eigenvalue weighted by Gasteiger charge is -2.48. The van der Waals surface area contributed by atoms with Crippen LogP contribution in [0.15, 0.2) is 48.5 Å². The largest absolute Gasteiger partial charge is 0.481 e. The van der Waals surface area contributed by atoms with Gasteiger partial charge in [0.2, 0.25) is 0 Å². The predicted octanol–water partition coefficient (Wildman–Crippen LogP) is 5.22. The maximum absolute atomic E-state index is 13.9. The first-order valence-electron chi connectivity index (χ1n) is 11.9. The van der Waals surface area contributed by atoms with E-state index in [-0.39, 0.29) is 0 Å². The number of benzene rings is 2. The average molecular weight is 554 g/mol. The maximum Gasteiger partial charge on any atom is 0.306 e. The molecule has 1 saturated carbocycles. The molecule has 0 radical (unpaired) electrons. The molecule has 0 aromatic heterocycles. The summed E-state index contributed by atoms with van der Waals surface area (Å²) in [4.78, 5) is 27.1. The Balaban J connectivity index is 1.90. The fourth-order valence-corrected chi connectivity index (χ4v) is 7.54. The van der Waals surface area contributed by atoms with Gasteiger partial charge in [-0.3, -0.25) is 9.59 Å². The molecule has 7 nitrogen and oxygen atoms in total. The maximum atomic E-state index is 13.9. The van der Waals surface area contributed by atoms with Crippen molar-refractivity contribution in [3.63, 3.8) is 0 Å². The lowest BCUT2D eigenvalue weighted by molar-refractivity contribution is -0.183. The Labute approximate surface area is 221 Å². The molecule has 2 fully saturated rings. The third kappa shape index (κ3) is 5.28. The molecule has 2 aliphatic rings. The number of hydrogen-bond donors (Lipinski definition) is 1. The number of amides is 1. The van der Waals surface area contributed by atoms with Gasteiger partial charge in [0.25, 0.3) is 5.91 Å². The summed E-state index contributed by atoms with van der Waals surface area (Å²) >= 11 is 12.4. The van der Waals surface area contributed by atoms with Gasteiger partial charge in [0.15, 0.2) is 9.84 Å². The minimum absolute atomic E-state index is 0.439. The van der Waals surface area contributed by atoms with Crippen LogP contribution in [-0.4, -0.2) is 52.9 Å². The zero-order valence-electron chi connectivity index (χ0n) is 20.0. The number of ether oxygens (including phenoxy) is 1. The van der Waals surface area contributed by atoms with Crippen molar-refractivity contribution in [1.29, 1.82) is 0 Å². The number of hydrogen-bond acceptors (Lipinski definition) is 5. The van der Waals surface area contributed by atoms with E-state index < -0.39 is 62.9 Å². The van der Waals surface area contributed by atoms with Gasteiger partial charge in [-0.05, 0) is 68.5 Å². The van der Waals surface area contributed by atoms with Crippen LogP contribution >= 0.6 is 23.2 Å². The highest BCUT2D eigenvalue weighted by molar-refractivity contribution is 7.92. The van der Waals surface area contributed by atoms with Crippen LogP contribution in [-0.2, 0) is 24.2 Å². The number of halogens is 2. The van der Waals surface area contributed by atoms with E-state index in [4.69, 9.17) is 27.9 Å². The fraction of sp³-hybridized carbons (Fsp3) is 0.462. The van der Waals surface area contributed by atoms with Crippen LogP contribution in [0.1, 0.15) is 62.8 Å². The summed E-state index contributed by atoms with van der Waals surface area (Å²) in [6, 6.07) is 12.7. The number of carboxylic acids is 1. The number of morpholine rings is 1. The van der Waals surface area contributed by atoms with Crippen molar-refractivity contribution in [1.82, 2.24) is 4.90 Å². The number of aliphatic carboxylic acids is 1. The molecule has 0 bridgehead atoms. The van der Waals surface area contributed by atoms with Gasteiger partial charge < -0.3 is 14.7 Å². The second-order valence-electron chi connectivity index (χ2n) is 9.61. The molecule has 1 aliphatic heterocycles. The Kier molecular flexibility index (Phi) is 8.00. The summed E-state index contributed by atoms with van der Waals surface area (Å²) in [5, 5.41) is 9.14. The molecule has 36 heavy (non-hydrogen) atoms. The third-order valence-electron chi connectivity index (χ3n) is 7.03. The number of sulfone groups is 1. The third-order valence-corrected chi connectivity index (χ3v) is 10.2. The first kappa shape index (κ1) is 26.9. The number of nitrogens with zero attached hydrogens (tertiary/aromatic N) is 1. The van der Waals surface area contributed by atoms with Crippen molar-refractivity contribution >= 4 is 44.9 Å². The summed E-state index contributed by atoms with van der Waals surface area (Å²) in [6.45, 7) is 3.29. The summed E-state index contributed by atoms with van der Waals surface area (Å²) < 4.78 is 32.9. The molecule has 0 spiro atoms. The van der Waals surface area contributed by atoms with E-state index >= 15 is 0 Å². The SMILES string of the molecule is CC(C)S(=O)(=O)[C@H]1CCC[C@@H]1N1C(=O)[C@H](CC(=O)O)O[C@H](c2cccc(Cl)c2)[C@H]1c1ccc(Cl)cc1. The lowest BCUT2D eigenvalue weighted by atomic mass is 9.89. The van der Waals surface area contributed by atoms with Gasteiger partial charge in [-0.15, -0.1) is 0 Å². The molecular formula is C26H29Cl2NO6S. The first-order valence-corrected chi connectivity index (χ1v) is 14.3. The van der Waals surface area contributed by atoms with Crippen LogP contribution in [0.4, 0.5) is 0 Å². The van der Waals surface area contributed by atoms with Gasteiger partial charge in [0, 0.05) is 16.1 Å². The van der Waals surface area contributed by atoms with Gasteiger partial charge in [-0.1, -0.05) is 47.5 Å². The minimum atomic E-state index is -3.53. The van der Waals surface area contributed by atoms with Crippen LogP contribution in [0.25, 0.3) is 0 Å². The van der Waals surface area contributed by atoms with Crippen molar-refractivity contribution in [2.75, 3.05) is 0 Å². The molecule has 2 aromatic rings. The predicted molar refractivity (Wildman–Crippen MR) is 138 cm³/mol. The Bertz CT molecular complexity index is 1230. The van der Waals surface area contributed by atoms with E-state index in [9.17, 15) is 23.1 Å². The highest BCUT2D eigenvalue weighted by Gasteiger charge is 2.52. The quantitative estimate of drug-likeness (QED) is 0.504. The molecule has 10 heteroatoms.